The maximum Gasteiger partial charge on any atom is 0.0562 e. The van der Waals surface area contributed by atoms with Crippen molar-refractivity contribution in [1.29, 1.82) is 0 Å². The minimum Gasteiger partial charge on any atom is -0.344 e. The van der Waals surface area contributed by atoms with E-state index in [1.54, 1.807) is 0 Å². The molecule has 0 aliphatic rings. The van der Waals surface area contributed by atoms with Crippen LogP contribution >= 0.6 is 0 Å². The van der Waals surface area contributed by atoms with E-state index in [2.05, 4.69) is 115 Å². The van der Waals surface area contributed by atoms with E-state index in [9.17, 15) is 0 Å². The van der Waals surface area contributed by atoms with Crippen LogP contribution in [0.1, 0.15) is 11.3 Å². The second-order valence-corrected chi connectivity index (χ2v) is 7.96. The molecule has 142 valence electrons. The first-order valence-corrected chi connectivity index (χ1v) is 10.3. The second-order valence-electron chi connectivity index (χ2n) is 7.96. The molecule has 1 heterocycles. The molecule has 0 spiro atoms. The summed E-state index contributed by atoms with van der Waals surface area (Å²) in [4.78, 5) is 0. The highest BCUT2D eigenvalue weighted by Crippen LogP contribution is 2.34. The fourth-order valence-corrected chi connectivity index (χ4v) is 4.61. The minimum atomic E-state index is 1.21. The molecule has 6 rings (SSSR count). The quantitative estimate of drug-likeness (QED) is 0.212. The normalized spacial score (nSPS) is 12.0. The van der Waals surface area contributed by atoms with E-state index in [1.807, 2.05) is 6.07 Å². The van der Waals surface area contributed by atoms with Crippen LogP contribution < -0.4 is 0 Å². The predicted octanol–water partition coefficient (Wildman–Crippen LogP) is 7.81. The van der Waals surface area contributed by atoms with E-state index in [0.29, 0.717) is 0 Å². The molecule has 0 atom stereocenters. The lowest BCUT2D eigenvalue weighted by Gasteiger charge is -2.09. The fraction of sp³-hybridized carbons (Fsp3) is 0.0345. The number of rotatable bonds is 2. The number of hydrogen-bond acceptors (Lipinski definition) is 0. The largest absolute Gasteiger partial charge is 0.344 e. The van der Waals surface area contributed by atoms with Crippen molar-refractivity contribution in [3.8, 4) is 0 Å². The van der Waals surface area contributed by atoms with Gasteiger partial charge in [0.2, 0.25) is 0 Å². The number of fused-ring (bicyclic) bond motifs is 6. The van der Waals surface area contributed by atoms with Gasteiger partial charge in [-0.3, -0.25) is 0 Å². The minimum absolute atomic E-state index is 1.21. The van der Waals surface area contributed by atoms with Crippen molar-refractivity contribution >= 4 is 55.4 Å². The summed E-state index contributed by atoms with van der Waals surface area (Å²) in [7, 11) is 2.16. The van der Waals surface area contributed by atoms with Crippen molar-refractivity contribution < 1.29 is 0 Å². The van der Waals surface area contributed by atoms with E-state index in [1.165, 1.54) is 54.5 Å². The molecule has 0 aliphatic carbocycles. The van der Waals surface area contributed by atoms with Gasteiger partial charge in [0.05, 0.1) is 5.52 Å². The molecule has 0 saturated carbocycles. The van der Waals surface area contributed by atoms with Gasteiger partial charge in [-0.1, -0.05) is 84.9 Å². The Labute approximate surface area is 175 Å². The third-order valence-corrected chi connectivity index (χ3v) is 6.16. The molecule has 1 nitrogen and oxygen atoms in total. The number of nitrogens with zero attached hydrogens (tertiary/aromatic N) is 1. The van der Waals surface area contributed by atoms with Crippen molar-refractivity contribution in [2.24, 2.45) is 7.05 Å². The highest BCUT2D eigenvalue weighted by Gasteiger charge is 2.10. The highest BCUT2D eigenvalue weighted by atomic mass is 14.9. The van der Waals surface area contributed by atoms with Gasteiger partial charge in [-0.25, -0.2) is 0 Å². The summed E-state index contributed by atoms with van der Waals surface area (Å²) in [6.07, 6.45) is 4.38. The van der Waals surface area contributed by atoms with Gasteiger partial charge in [0, 0.05) is 23.5 Å². The van der Waals surface area contributed by atoms with Gasteiger partial charge < -0.3 is 4.57 Å². The molecule has 0 fully saturated rings. The van der Waals surface area contributed by atoms with Gasteiger partial charge in [0.25, 0.3) is 0 Å². The molecule has 6 aromatic rings. The lowest BCUT2D eigenvalue weighted by molar-refractivity contribution is 0.959. The first kappa shape index (κ1) is 17.1. The number of benzene rings is 5. The molecule has 5 aromatic carbocycles. The van der Waals surface area contributed by atoms with E-state index in [0.717, 1.165) is 0 Å². The Balaban J connectivity index is 1.59. The molecule has 1 aromatic heterocycles. The van der Waals surface area contributed by atoms with Crippen LogP contribution in [0.25, 0.3) is 55.4 Å². The molecule has 1 heteroatoms. The molecule has 30 heavy (non-hydrogen) atoms. The van der Waals surface area contributed by atoms with Crippen LogP contribution in [-0.2, 0) is 7.05 Å². The molecule has 0 radical (unpaired) electrons. The second kappa shape index (κ2) is 6.60. The summed E-state index contributed by atoms with van der Waals surface area (Å²) in [6, 6.07) is 35.0. The maximum atomic E-state index is 2.33. The van der Waals surface area contributed by atoms with Crippen LogP contribution in [0.4, 0.5) is 0 Å². The van der Waals surface area contributed by atoms with Gasteiger partial charge in [-0.2, -0.15) is 0 Å². The van der Waals surface area contributed by atoms with Crippen LogP contribution in [0.2, 0.25) is 0 Å². The Morgan fingerprint density at radius 2 is 1.23 bits per heavy atom. The van der Waals surface area contributed by atoms with Crippen LogP contribution in [0.5, 0.6) is 0 Å². The van der Waals surface area contributed by atoms with Gasteiger partial charge >= 0.3 is 0 Å². The van der Waals surface area contributed by atoms with E-state index in [4.69, 9.17) is 0 Å². The summed E-state index contributed by atoms with van der Waals surface area (Å²) >= 11 is 0. The van der Waals surface area contributed by atoms with E-state index < -0.39 is 0 Å². The van der Waals surface area contributed by atoms with Gasteiger partial charge in [-0.05, 0) is 56.8 Å². The lowest BCUT2D eigenvalue weighted by Crippen LogP contribution is -1.91. The molecular formula is C29H21N. The zero-order valence-electron chi connectivity index (χ0n) is 16.8. The monoisotopic (exact) mass is 383 g/mol. The first-order chi connectivity index (χ1) is 14.8. The standard InChI is InChI=1S/C29H21N/c1-30-25(14-11-20-7-3-2-4-8-20)18-24-13-15-26-27(29(24)30)16-12-23-17-21-9-5-6-10-22(21)19-28(23)26/h2-19H,1H3. The average Bonchev–Trinajstić information content (AvgIpc) is 3.12. The SMILES string of the molecule is Cn1c(C=Cc2ccccc2)cc2ccc3c4cc5ccccc5cc4ccc3c21. The maximum absolute atomic E-state index is 2.33. The molecule has 0 aliphatic heterocycles. The Morgan fingerprint density at radius 1 is 0.533 bits per heavy atom. The van der Waals surface area contributed by atoms with E-state index in [-0.39, 0.29) is 0 Å². The number of aryl methyl sites for hydroxylation is 1. The zero-order chi connectivity index (χ0) is 20.1. The summed E-state index contributed by atoms with van der Waals surface area (Å²) in [5.41, 5.74) is 3.71. The van der Waals surface area contributed by atoms with Crippen LogP contribution in [0, 0.1) is 0 Å². The van der Waals surface area contributed by atoms with Crippen molar-refractivity contribution in [1.82, 2.24) is 4.57 Å². The summed E-state index contributed by atoms with van der Waals surface area (Å²) in [5, 5.41) is 9.07. The van der Waals surface area contributed by atoms with Gasteiger partial charge in [-0.15, -0.1) is 0 Å². The summed E-state index contributed by atoms with van der Waals surface area (Å²) in [5.74, 6) is 0. The molecule has 0 unspecified atom stereocenters. The lowest BCUT2D eigenvalue weighted by atomic mass is 9.97. The molecule has 0 saturated heterocycles. The highest BCUT2D eigenvalue weighted by molar-refractivity contribution is 6.18. The summed E-state index contributed by atoms with van der Waals surface area (Å²) in [6.45, 7) is 0. The zero-order valence-corrected chi connectivity index (χ0v) is 16.8. The molecule has 0 bridgehead atoms. The summed E-state index contributed by atoms with van der Waals surface area (Å²) < 4.78 is 2.31. The molecule has 0 amide bonds. The van der Waals surface area contributed by atoms with Gasteiger partial charge in [0.15, 0.2) is 0 Å². The third kappa shape index (κ3) is 2.63. The number of aromatic nitrogens is 1. The van der Waals surface area contributed by atoms with Crippen LogP contribution in [-0.4, -0.2) is 4.57 Å². The Kier molecular flexibility index (Phi) is 3.75. The Morgan fingerprint density at radius 3 is 2.07 bits per heavy atom. The van der Waals surface area contributed by atoms with Crippen LogP contribution in [0.15, 0.2) is 97.1 Å². The van der Waals surface area contributed by atoms with E-state index >= 15 is 0 Å². The Hall–Kier alpha value is -3.84. The van der Waals surface area contributed by atoms with Gasteiger partial charge in [0.1, 0.15) is 0 Å². The average molecular weight is 383 g/mol. The predicted molar refractivity (Wildman–Crippen MR) is 131 cm³/mol. The van der Waals surface area contributed by atoms with Crippen molar-refractivity contribution in [3.63, 3.8) is 0 Å². The first-order valence-electron chi connectivity index (χ1n) is 10.3. The van der Waals surface area contributed by atoms with Crippen molar-refractivity contribution in [2.45, 2.75) is 0 Å². The van der Waals surface area contributed by atoms with Crippen molar-refractivity contribution in [3.05, 3.63) is 108 Å². The van der Waals surface area contributed by atoms with Crippen LogP contribution in [0.3, 0.4) is 0 Å². The fourth-order valence-electron chi connectivity index (χ4n) is 4.61. The smallest absolute Gasteiger partial charge is 0.0562 e. The number of hydrogen-bond donors (Lipinski definition) is 0. The third-order valence-electron chi connectivity index (χ3n) is 6.16. The molecular weight excluding hydrogens is 362 g/mol. The Bertz CT molecular complexity index is 1580. The topological polar surface area (TPSA) is 4.93 Å². The molecule has 0 N–H and O–H groups in total. The van der Waals surface area contributed by atoms with Crippen molar-refractivity contribution in [2.75, 3.05) is 0 Å².